The number of hydrogen-bond acceptors (Lipinski definition) is 6. The molecule has 40 heavy (non-hydrogen) atoms. The minimum absolute atomic E-state index is 0.384. The van der Waals surface area contributed by atoms with E-state index in [2.05, 4.69) is 76.8 Å². The first-order valence-electron chi connectivity index (χ1n) is 12.6. The van der Waals surface area contributed by atoms with Gasteiger partial charge in [-0.05, 0) is 0 Å². The molecule has 0 fully saturated rings. The molecule has 0 unspecified atom stereocenters. The van der Waals surface area contributed by atoms with Crippen LogP contribution in [-0.2, 0) is 12.8 Å². The van der Waals surface area contributed by atoms with Crippen LogP contribution < -0.4 is 4.74 Å². The van der Waals surface area contributed by atoms with Crippen molar-refractivity contribution in [3.8, 4) is 5.06 Å². The second-order valence-electron chi connectivity index (χ2n) is 9.30. The predicted molar refractivity (Wildman–Crippen MR) is 179 cm³/mol. The molecular weight excluding hydrogens is 703 g/mol. The van der Waals surface area contributed by atoms with Crippen molar-refractivity contribution in [3.05, 3.63) is 107 Å². The molecule has 0 aliphatic rings. The molecule has 0 bridgehead atoms. The number of ether oxygens (including phenoxy) is 1. The Morgan fingerprint density at radius 2 is 1.25 bits per heavy atom. The summed E-state index contributed by atoms with van der Waals surface area (Å²) < 4.78 is 14.2. The number of hydrogen-bond donors (Lipinski definition) is 0. The maximum absolute atomic E-state index is 11.0. The first-order valence-corrected chi connectivity index (χ1v) is 19.5. The van der Waals surface area contributed by atoms with Crippen LogP contribution in [0.3, 0.4) is 0 Å². The minimum atomic E-state index is 0.384. The van der Waals surface area contributed by atoms with E-state index >= 15 is 0 Å². The van der Waals surface area contributed by atoms with Crippen LogP contribution in [0.25, 0.3) is 39.5 Å². The zero-order valence-corrected chi connectivity index (χ0v) is 28.0. The molecule has 0 saturated carbocycles. The van der Waals surface area contributed by atoms with E-state index in [1.807, 2.05) is 28.1 Å². The third-order valence-corrected chi connectivity index (χ3v) is 15.0. The Labute approximate surface area is 259 Å². The number of methoxy groups -OCH3 is 1. The Morgan fingerprint density at radius 1 is 0.675 bits per heavy atom. The zero-order chi connectivity index (χ0) is 27.1. The van der Waals surface area contributed by atoms with Crippen LogP contribution in [0.1, 0.15) is 29.7 Å². The van der Waals surface area contributed by atoms with Crippen molar-refractivity contribution >= 4 is 120 Å². The van der Waals surface area contributed by atoms with E-state index in [4.69, 9.17) is 4.74 Å². The Hall–Kier alpha value is -2.25. The number of carbonyl (C=O) groups excluding carboxylic acids is 1. The molecule has 0 radical (unpaired) electrons. The van der Waals surface area contributed by atoms with Gasteiger partial charge < -0.3 is 0 Å². The number of rotatable bonds is 6. The van der Waals surface area contributed by atoms with Crippen molar-refractivity contribution in [2.45, 2.75) is 12.8 Å². The second-order valence-corrected chi connectivity index (χ2v) is 17.9. The Balaban J connectivity index is 0.000000133. The quantitative estimate of drug-likeness (QED) is 0.126. The monoisotopic (exact) mass is 726 g/mol. The molecule has 8 heteroatoms. The molecule has 2 aromatic carbocycles. The van der Waals surface area contributed by atoms with Gasteiger partial charge in [0, 0.05) is 0 Å². The third-order valence-electron chi connectivity index (χ3n) is 6.85. The predicted octanol–water partition coefficient (Wildman–Crippen LogP) is 9.35. The molecule has 8 rings (SSSR count). The van der Waals surface area contributed by atoms with Gasteiger partial charge in [-0.15, -0.1) is 0 Å². The van der Waals surface area contributed by atoms with Gasteiger partial charge in [-0.3, -0.25) is 0 Å². The molecule has 0 amide bonds. The van der Waals surface area contributed by atoms with Crippen molar-refractivity contribution in [3.63, 3.8) is 0 Å². The van der Waals surface area contributed by atoms with E-state index in [1.54, 1.807) is 27.0 Å². The van der Waals surface area contributed by atoms with E-state index in [-0.39, 0.29) is 0 Å². The standard InChI is InChI=1S/C16H14O2S2Se.C16H8S2Se/c1-18-16-12(5-7-20-16)9-14-3-2-13(21-14)8-11-4-6-19-15(11)10-17;1-3-17-13-7-11-12-8-14-10(2-4-18-14)6-16(12)19-15(11)5-9(1)13/h2-7,10H,8-9H2,1H3;1-8H. The number of benzene rings is 2. The van der Waals surface area contributed by atoms with Crippen LogP contribution >= 0.6 is 45.3 Å². The molecule has 0 saturated heterocycles. The summed E-state index contributed by atoms with van der Waals surface area (Å²) in [6.07, 6.45) is 2.84. The topological polar surface area (TPSA) is 26.3 Å². The first kappa shape index (κ1) is 26.6. The summed E-state index contributed by atoms with van der Waals surface area (Å²) >= 11 is 7.71. The third kappa shape index (κ3) is 5.24. The van der Waals surface area contributed by atoms with Crippen LogP contribution in [0, 0.1) is 0 Å². The van der Waals surface area contributed by atoms with Crippen LogP contribution in [0.5, 0.6) is 5.06 Å². The molecule has 198 valence electrons. The second kappa shape index (κ2) is 11.6. The number of aldehydes is 1. The summed E-state index contributed by atoms with van der Waals surface area (Å²) in [7, 11) is 1.73. The molecule has 0 spiro atoms. The van der Waals surface area contributed by atoms with Gasteiger partial charge in [0.1, 0.15) is 0 Å². The molecule has 0 atom stereocenters. The van der Waals surface area contributed by atoms with E-state index in [0.717, 1.165) is 34.6 Å². The maximum atomic E-state index is 11.0. The molecular formula is C32H22O2S4Se2. The number of carbonyl (C=O) groups is 1. The van der Waals surface area contributed by atoms with Crippen molar-refractivity contribution in [1.82, 2.24) is 0 Å². The summed E-state index contributed by atoms with van der Waals surface area (Å²) in [5, 5.41) is 15.2. The zero-order valence-electron chi connectivity index (χ0n) is 21.3. The van der Waals surface area contributed by atoms with E-state index in [0.29, 0.717) is 29.0 Å². The molecule has 0 aliphatic carbocycles. The first-order chi connectivity index (χ1) is 19.7. The van der Waals surface area contributed by atoms with Crippen molar-refractivity contribution < 1.29 is 9.53 Å². The number of fused-ring (bicyclic) bond motifs is 5. The van der Waals surface area contributed by atoms with Gasteiger partial charge in [0.15, 0.2) is 0 Å². The summed E-state index contributed by atoms with van der Waals surface area (Å²) in [5.74, 6) is 0. The molecule has 0 aliphatic heterocycles. The van der Waals surface area contributed by atoms with Gasteiger partial charge in [-0.1, -0.05) is 0 Å². The molecule has 8 aromatic rings. The normalized spacial score (nSPS) is 11.4. The molecule has 6 heterocycles. The molecule has 6 aromatic heterocycles. The van der Waals surface area contributed by atoms with E-state index in [1.165, 1.54) is 56.7 Å². The van der Waals surface area contributed by atoms with Gasteiger partial charge >= 0.3 is 262 Å². The van der Waals surface area contributed by atoms with Crippen LogP contribution in [0.2, 0.25) is 0 Å². The van der Waals surface area contributed by atoms with Gasteiger partial charge in [-0.2, -0.15) is 0 Å². The van der Waals surface area contributed by atoms with Crippen LogP contribution in [0.15, 0.2) is 82.2 Å². The fourth-order valence-electron chi connectivity index (χ4n) is 4.90. The summed E-state index contributed by atoms with van der Waals surface area (Å²) in [5.41, 5.74) is 2.43. The van der Waals surface area contributed by atoms with Gasteiger partial charge in [0.25, 0.3) is 0 Å². The fourth-order valence-corrected chi connectivity index (χ4v) is 12.7. The van der Waals surface area contributed by atoms with Gasteiger partial charge in [0.05, 0.1) is 0 Å². The average Bonchev–Trinajstić information content (AvgIpc) is 3.80. The van der Waals surface area contributed by atoms with E-state index in [9.17, 15) is 4.79 Å². The molecule has 0 N–H and O–H groups in total. The molecule has 2 nitrogen and oxygen atoms in total. The van der Waals surface area contributed by atoms with Crippen LogP contribution in [-0.4, -0.2) is 42.4 Å². The van der Waals surface area contributed by atoms with Gasteiger partial charge in [-0.25, -0.2) is 0 Å². The summed E-state index contributed by atoms with van der Waals surface area (Å²) in [4.78, 5) is 11.8. The average molecular weight is 725 g/mol. The van der Waals surface area contributed by atoms with Crippen molar-refractivity contribution in [1.29, 1.82) is 0 Å². The van der Waals surface area contributed by atoms with Crippen molar-refractivity contribution in [2.75, 3.05) is 7.11 Å². The number of thiophene rings is 4. The Kier molecular flexibility index (Phi) is 7.70. The van der Waals surface area contributed by atoms with E-state index < -0.39 is 0 Å². The summed E-state index contributed by atoms with van der Waals surface area (Å²) in [6.45, 7) is 0. The van der Waals surface area contributed by atoms with Crippen LogP contribution in [0.4, 0.5) is 0 Å². The fraction of sp³-hybridized carbons (Fsp3) is 0.0938. The summed E-state index contributed by atoms with van der Waals surface area (Å²) in [6, 6.07) is 22.7. The SMILES string of the molecule is COc1sccc1Cc1ccc(Cc2ccsc2C=O)[se]1.c1cc2cc3[se]c4cc5ccsc5cc4c3cc2s1. The van der Waals surface area contributed by atoms with Gasteiger partial charge in [0.2, 0.25) is 0 Å². The Bertz CT molecular complexity index is 2010. The Morgan fingerprint density at radius 3 is 1.88 bits per heavy atom. The van der Waals surface area contributed by atoms with Crippen molar-refractivity contribution in [2.24, 2.45) is 0 Å².